The third kappa shape index (κ3) is 4.14. The van der Waals surface area contributed by atoms with Gasteiger partial charge in [-0.1, -0.05) is 0 Å². The van der Waals surface area contributed by atoms with Crippen LogP contribution < -0.4 is 10.6 Å². The summed E-state index contributed by atoms with van der Waals surface area (Å²) in [6.45, 7) is 0.203. The third-order valence-corrected chi connectivity index (χ3v) is 2.30. The van der Waals surface area contributed by atoms with Gasteiger partial charge in [0.1, 0.15) is 6.54 Å². The van der Waals surface area contributed by atoms with Crippen LogP contribution in [-0.4, -0.2) is 31.0 Å². The molecular weight excluding hydrogens is 233 g/mol. The lowest BCUT2D eigenvalue weighted by Gasteiger charge is -2.26. The van der Waals surface area contributed by atoms with Crippen molar-refractivity contribution in [2.45, 2.75) is 13.1 Å². The van der Waals surface area contributed by atoms with Crippen LogP contribution in [0.3, 0.4) is 0 Å². The van der Waals surface area contributed by atoms with E-state index in [4.69, 9.17) is 10.8 Å². The van der Waals surface area contributed by atoms with Crippen LogP contribution in [0.2, 0.25) is 0 Å². The van der Waals surface area contributed by atoms with Crippen LogP contribution in [0.4, 0.5) is 24.5 Å². The highest BCUT2D eigenvalue weighted by molar-refractivity contribution is 5.59. The Labute approximate surface area is 97.6 Å². The quantitative estimate of drug-likeness (QED) is 0.800. The van der Waals surface area contributed by atoms with E-state index in [9.17, 15) is 13.2 Å². The lowest BCUT2D eigenvalue weighted by Crippen LogP contribution is -2.36. The van der Waals surface area contributed by atoms with Gasteiger partial charge in [0.25, 0.3) is 0 Å². The molecule has 3 nitrogen and oxygen atoms in total. The van der Waals surface area contributed by atoms with Gasteiger partial charge < -0.3 is 15.7 Å². The van der Waals surface area contributed by atoms with E-state index in [1.165, 1.54) is 6.07 Å². The highest BCUT2D eigenvalue weighted by Gasteiger charge is 2.31. The van der Waals surface area contributed by atoms with Gasteiger partial charge in [-0.15, -0.1) is 0 Å². The Morgan fingerprint density at radius 3 is 2.47 bits per heavy atom. The number of anilines is 2. The fraction of sp³-hybridized carbons (Fsp3) is 0.455. The van der Waals surface area contributed by atoms with E-state index in [1.807, 2.05) is 0 Å². The van der Waals surface area contributed by atoms with Crippen molar-refractivity contribution in [1.29, 1.82) is 0 Å². The summed E-state index contributed by atoms with van der Waals surface area (Å²) in [6.07, 6.45) is -4.30. The second-order valence-corrected chi connectivity index (χ2v) is 3.81. The normalized spacial score (nSPS) is 11.6. The van der Waals surface area contributed by atoms with Gasteiger partial charge in [0.15, 0.2) is 0 Å². The molecule has 96 valence electrons. The maximum absolute atomic E-state index is 12.4. The first kappa shape index (κ1) is 13.6. The SMILES string of the molecule is Cc1cc(N)ccc1N(CCO)CC(F)(F)F. The molecule has 0 spiro atoms. The summed E-state index contributed by atoms with van der Waals surface area (Å²) in [7, 11) is 0. The van der Waals surface area contributed by atoms with Gasteiger partial charge in [0.2, 0.25) is 0 Å². The van der Waals surface area contributed by atoms with E-state index in [-0.39, 0.29) is 13.2 Å². The minimum Gasteiger partial charge on any atom is -0.399 e. The average molecular weight is 248 g/mol. The summed E-state index contributed by atoms with van der Waals surface area (Å²) >= 11 is 0. The van der Waals surface area contributed by atoms with Crippen LogP contribution in [0, 0.1) is 6.92 Å². The number of nitrogen functional groups attached to an aromatic ring is 1. The van der Waals surface area contributed by atoms with Crippen molar-refractivity contribution in [1.82, 2.24) is 0 Å². The van der Waals surface area contributed by atoms with Crippen LogP contribution in [0.15, 0.2) is 18.2 Å². The average Bonchev–Trinajstić information content (AvgIpc) is 2.14. The molecule has 0 aliphatic carbocycles. The van der Waals surface area contributed by atoms with Gasteiger partial charge in [-0.05, 0) is 30.7 Å². The monoisotopic (exact) mass is 248 g/mol. The van der Waals surface area contributed by atoms with Gasteiger partial charge in [-0.3, -0.25) is 0 Å². The van der Waals surface area contributed by atoms with E-state index in [1.54, 1.807) is 19.1 Å². The lowest BCUT2D eigenvalue weighted by molar-refractivity contribution is -0.119. The van der Waals surface area contributed by atoms with Crippen LogP contribution in [0.1, 0.15) is 5.56 Å². The Morgan fingerprint density at radius 1 is 1.35 bits per heavy atom. The van der Waals surface area contributed by atoms with Gasteiger partial charge >= 0.3 is 6.18 Å². The number of hydrogen-bond donors (Lipinski definition) is 2. The van der Waals surface area contributed by atoms with E-state index in [2.05, 4.69) is 0 Å². The van der Waals surface area contributed by atoms with Crippen LogP contribution >= 0.6 is 0 Å². The minimum absolute atomic E-state index is 0.0652. The fourth-order valence-corrected chi connectivity index (χ4v) is 1.66. The Hall–Kier alpha value is -1.43. The number of rotatable bonds is 4. The molecule has 1 aromatic carbocycles. The number of hydrogen-bond acceptors (Lipinski definition) is 3. The lowest BCUT2D eigenvalue weighted by atomic mass is 10.1. The summed E-state index contributed by atoms with van der Waals surface area (Å²) in [5.74, 6) is 0. The molecule has 0 radical (unpaired) electrons. The first-order valence-electron chi connectivity index (χ1n) is 5.12. The van der Waals surface area contributed by atoms with Crippen molar-refractivity contribution in [3.63, 3.8) is 0 Å². The fourth-order valence-electron chi connectivity index (χ4n) is 1.66. The number of halogens is 3. The molecule has 0 amide bonds. The van der Waals surface area contributed by atoms with Gasteiger partial charge in [-0.2, -0.15) is 13.2 Å². The van der Waals surface area contributed by atoms with Gasteiger partial charge in [-0.25, -0.2) is 0 Å². The van der Waals surface area contributed by atoms with Crippen molar-refractivity contribution in [3.05, 3.63) is 23.8 Å². The van der Waals surface area contributed by atoms with Crippen molar-refractivity contribution in [2.75, 3.05) is 30.3 Å². The van der Waals surface area contributed by atoms with Gasteiger partial charge in [0, 0.05) is 17.9 Å². The molecule has 1 rings (SSSR count). The van der Waals surface area contributed by atoms with Crippen molar-refractivity contribution in [2.24, 2.45) is 0 Å². The smallest absolute Gasteiger partial charge is 0.399 e. The molecule has 0 bridgehead atoms. The van der Waals surface area contributed by atoms with Crippen LogP contribution in [0.5, 0.6) is 0 Å². The molecule has 0 aromatic heterocycles. The van der Waals surface area contributed by atoms with Crippen LogP contribution in [0.25, 0.3) is 0 Å². The first-order chi connectivity index (χ1) is 7.83. The second kappa shape index (κ2) is 5.27. The summed E-state index contributed by atoms with van der Waals surface area (Å²) in [4.78, 5) is 1.09. The standard InChI is InChI=1S/C11H15F3N2O/c1-8-6-9(15)2-3-10(8)16(4-5-17)7-11(12,13)14/h2-3,6,17H,4-5,7,15H2,1H3. The van der Waals surface area contributed by atoms with Crippen molar-refractivity contribution in [3.8, 4) is 0 Å². The molecule has 6 heteroatoms. The number of aliphatic hydroxyl groups is 1. The number of alkyl halides is 3. The summed E-state index contributed by atoms with van der Waals surface area (Å²) in [5, 5.41) is 8.81. The zero-order valence-electron chi connectivity index (χ0n) is 9.46. The Kier molecular flexibility index (Phi) is 4.22. The Bertz CT molecular complexity index is 379. The van der Waals surface area contributed by atoms with E-state index < -0.39 is 12.7 Å². The first-order valence-corrected chi connectivity index (χ1v) is 5.12. The minimum atomic E-state index is -4.30. The molecule has 0 saturated carbocycles. The maximum atomic E-state index is 12.4. The number of benzene rings is 1. The topological polar surface area (TPSA) is 49.5 Å². The van der Waals surface area contributed by atoms with Gasteiger partial charge in [0.05, 0.1) is 6.61 Å². The van der Waals surface area contributed by atoms with E-state index in [0.29, 0.717) is 16.9 Å². The zero-order valence-corrected chi connectivity index (χ0v) is 9.46. The highest BCUT2D eigenvalue weighted by Crippen LogP contribution is 2.26. The molecule has 3 N–H and O–H groups in total. The summed E-state index contributed by atoms with van der Waals surface area (Å²) in [5.41, 5.74) is 7.13. The Morgan fingerprint density at radius 2 is 2.00 bits per heavy atom. The van der Waals surface area contributed by atoms with Crippen molar-refractivity contribution >= 4 is 11.4 Å². The molecule has 0 fully saturated rings. The molecule has 0 atom stereocenters. The third-order valence-electron chi connectivity index (χ3n) is 2.30. The number of aryl methyl sites for hydroxylation is 1. The Balaban J connectivity index is 2.97. The number of nitrogens with zero attached hydrogens (tertiary/aromatic N) is 1. The summed E-state index contributed by atoms with van der Waals surface area (Å²) < 4.78 is 37.1. The molecule has 0 saturated heterocycles. The largest absolute Gasteiger partial charge is 0.405 e. The predicted molar refractivity (Wildman–Crippen MR) is 60.9 cm³/mol. The zero-order chi connectivity index (χ0) is 13.1. The molecule has 0 aliphatic rings. The highest BCUT2D eigenvalue weighted by atomic mass is 19.4. The van der Waals surface area contributed by atoms with Crippen LogP contribution in [-0.2, 0) is 0 Å². The number of nitrogens with two attached hydrogens (primary N) is 1. The molecule has 17 heavy (non-hydrogen) atoms. The summed E-state index contributed by atoms with van der Waals surface area (Å²) in [6, 6.07) is 4.69. The van der Waals surface area contributed by atoms with E-state index in [0.717, 1.165) is 4.90 Å². The van der Waals surface area contributed by atoms with E-state index >= 15 is 0 Å². The molecular formula is C11H15F3N2O. The predicted octanol–water partition coefficient (Wildman–Crippen LogP) is 1.94. The second-order valence-electron chi connectivity index (χ2n) is 3.81. The maximum Gasteiger partial charge on any atom is 0.405 e. The number of aliphatic hydroxyl groups excluding tert-OH is 1. The molecule has 0 aliphatic heterocycles. The molecule has 0 unspecified atom stereocenters. The van der Waals surface area contributed by atoms with Crippen molar-refractivity contribution < 1.29 is 18.3 Å². The molecule has 0 heterocycles. The molecule has 1 aromatic rings.